The van der Waals surface area contributed by atoms with Gasteiger partial charge in [0.15, 0.2) is 11.6 Å². The summed E-state index contributed by atoms with van der Waals surface area (Å²) < 4.78 is 52.5. The molecule has 0 aromatic heterocycles. The van der Waals surface area contributed by atoms with Gasteiger partial charge in [-0.1, -0.05) is 30.9 Å². The van der Waals surface area contributed by atoms with Crippen molar-refractivity contribution in [3.63, 3.8) is 0 Å². The molecule has 0 radical (unpaired) electrons. The molecule has 0 saturated carbocycles. The maximum Gasteiger partial charge on any atom is 0.573 e. The standard InChI is InChI=1S/C10H12F4OSi/c1-16(2,3)7-4-5-9(8(11)6-7)15-10(12,13)14/h4-6H,1-3H3. The molecule has 0 fully saturated rings. The van der Waals surface area contributed by atoms with Gasteiger partial charge < -0.3 is 4.74 Å². The second kappa shape index (κ2) is 4.08. The van der Waals surface area contributed by atoms with Crippen molar-refractivity contribution < 1.29 is 22.3 Å². The summed E-state index contributed by atoms with van der Waals surface area (Å²) in [5.41, 5.74) is 0. The lowest BCUT2D eigenvalue weighted by atomic mass is 10.3. The average Bonchev–Trinajstić information content (AvgIpc) is 2.04. The van der Waals surface area contributed by atoms with Crippen molar-refractivity contribution in [2.45, 2.75) is 26.0 Å². The summed E-state index contributed by atoms with van der Waals surface area (Å²) >= 11 is 0. The van der Waals surface area contributed by atoms with Crippen molar-refractivity contribution in [1.82, 2.24) is 0 Å². The van der Waals surface area contributed by atoms with Gasteiger partial charge in [0, 0.05) is 0 Å². The molecule has 1 rings (SSSR count). The van der Waals surface area contributed by atoms with Gasteiger partial charge in [0.05, 0.1) is 8.07 Å². The van der Waals surface area contributed by atoms with Gasteiger partial charge in [-0.25, -0.2) is 4.39 Å². The number of hydrogen-bond donors (Lipinski definition) is 0. The lowest BCUT2D eigenvalue weighted by Crippen LogP contribution is -2.37. The molecule has 0 heterocycles. The van der Waals surface area contributed by atoms with E-state index in [-0.39, 0.29) is 0 Å². The predicted molar refractivity (Wildman–Crippen MR) is 56.1 cm³/mol. The van der Waals surface area contributed by atoms with Crippen molar-refractivity contribution in [3.8, 4) is 5.75 Å². The number of halogens is 4. The van der Waals surface area contributed by atoms with E-state index in [1.54, 1.807) is 0 Å². The average molecular weight is 252 g/mol. The van der Waals surface area contributed by atoms with Crippen molar-refractivity contribution >= 4 is 13.3 Å². The van der Waals surface area contributed by atoms with Crippen LogP contribution < -0.4 is 9.92 Å². The van der Waals surface area contributed by atoms with Gasteiger partial charge in [-0.3, -0.25) is 0 Å². The lowest BCUT2D eigenvalue weighted by molar-refractivity contribution is -0.275. The SMILES string of the molecule is C[Si](C)(C)c1ccc(OC(F)(F)F)c(F)c1. The smallest absolute Gasteiger partial charge is 0.403 e. The summed E-state index contributed by atoms with van der Waals surface area (Å²) in [7, 11) is -1.72. The van der Waals surface area contributed by atoms with E-state index in [0.717, 1.165) is 17.3 Å². The first-order valence-electron chi connectivity index (χ1n) is 4.65. The fraction of sp³-hybridized carbons (Fsp3) is 0.400. The van der Waals surface area contributed by atoms with E-state index in [1.165, 1.54) is 6.07 Å². The van der Waals surface area contributed by atoms with Crippen LogP contribution in [-0.2, 0) is 0 Å². The minimum atomic E-state index is -4.86. The number of rotatable bonds is 2. The fourth-order valence-corrected chi connectivity index (χ4v) is 2.32. The molecule has 6 heteroatoms. The minimum Gasteiger partial charge on any atom is -0.403 e. The first-order chi connectivity index (χ1) is 7.09. The Bertz CT molecular complexity index is 381. The Hall–Kier alpha value is -1.04. The molecule has 0 aliphatic rings. The van der Waals surface area contributed by atoms with Crippen LogP contribution in [0.1, 0.15) is 0 Å². The van der Waals surface area contributed by atoms with Gasteiger partial charge in [0.1, 0.15) is 0 Å². The highest BCUT2D eigenvalue weighted by Gasteiger charge is 2.32. The number of hydrogen-bond acceptors (Lipinski definition) is 1. The van der Waals surface area contributed by atoms with Crippen molar-refractivity contribution in [1.29, 1.82) is 0 Å². The summed E-state index contributed by atoms with van der Waals surface area (Å²) in [6.45, 7) is 5.93. The molecule has 1 nitrogen and oxygen atoms in total. The van der Waals surface area contributed by atoms with Crippen LogP contribution in [0.2, 0.25) is 19.6 Å². The largest absolute Gasteiger partial charge is 0.573 e. The Morgan fingerprint density at radius 3 is 2.06 bits per heavy atom. The van der Waals surface area contributed by atoms with Crippen LogP contribution in [-0.4, -0.2) is 14.4 Å². The second-order valence-electron chi connectivity index (χ2n) is 4.44. The first kappa shape index (κ1) is 13.0. The molecule has 0 atom stereocenters. The zero-order valence-electron chi connectivity index (χ0n) is 9.15. The summed E-state index contributed by atoms with van der Waals surface area (Å²) in [5.74, 6) is -1.76. The van der Waals surface area contributed by atoms with E-state index in [2.05, 4.69) is 4.74 Å². The highest BCUT2D eigenvalue weighted by atomic mass is 28.3. The van der Waals surface area contributed by atoms with Crippen LogP contribution in [0.15, 0.2) is 18.2 Å². The van der Waals surface area contributed by atoms with E-state index in [1.807, 2.05) is 19.6 Å². The second-order valence-corrected chi connectivity index (χ2v) is 9.52. The molecular formula is C10H12F4OSi. The third-order valence-corrected chi connectivity index (χ3v) is 4.07. The Balaban J connectivity index is 3.01. The normalized spacial score (nSPS) is 12.7. The van der Waals surface area contributed by atoms with Crippen molar-refractivity contribution in [2.75, 3.05) is 0 Å². The molecule has 0 saturated heterocycles. The Morgan fingerprint density at radius 1 is 1.12 bits per heavy atom. The molecule has 0 unspecified atom stereocenters. The molecule has 0 N–H and O–H groups in total. The van der Waals surface area contributed by atoms with E-state index in [9.17, 15) is 17.6 Å². The molecule has 0 aliphatic carbocycles. The van der Waals surface area contributed by atoms with Gasteiger partial charge >= 0.3 is 6.36 Å². The van der Waals surface area contributed by atoms with Crippen LogP contribution >= 0.6 is 0 Å². The summed E-state index contributed by atoms with van der Waals surface area (Å²) in [5, 5.41) is 0.750. The highest BCUT2D eigenvalue weighted by Crippen LogP contribution is 2.25. The van der Waals surface area contributed by atoms with Crippen LogP contribution in [0.4, 0.5) is 17.6 Å². The Morgan fingerprint density at radius 2 is 1.69 bits per heavy atom. The lowest BCUT2D eigenvalue weighted by Gasteiger charge is -2.17. The zero-order chi connectivity index (χ0) is 12.6. The monoisotopic (exact) mass is 252 g/mol. The maximum atomic E-state index is 13.3. The summed E-state index contributed by atoms with van der Waals surface area (Å²) in [6, 6.07) is 3.63. The van der Waals surface area contributed by atoms with Crippen LogP contribution in [0.25, 0.3) is 0 Å². The molecule has 1 aromatic carbocycles. The van der Waals surface area contributed by atoms with Crippen LogP contribution in [0, 0.1) is 5.82 Å². The molecule has 0 spiro atoms. The van der Waals surface area contributed by atoms with Gasteiger partial charge in [-0.05, 0) is 12.1 Å². The molecule has 1 aromatic rings. The Labute approximate surface area is 92.0 Å². The number of alkyl halides is 3. The van der Waals surface area contributed by atoms with E-state index < -0.39 is 26.0 Å². The van der Waals surface area contributed by atoms with Gasteiger partial charge in [0.2, 0.25) is 0 Å². The predicted octanol–water partition coefficient (Wildman–Crippen LogP) is 3.27. The third-order valence-electron chi connectivity index (χ3n) is 2.02. The number of benzene rings is 1. The topological polar surface area (TPSA) is 9.23 Å². The van der Waals surface area contributed by atoms with E-state index >= 15 is 0 Å². The quantitative estimate of drug-likeness (QED) is 0.580. The number of ether oxygens (including phenoxy) is 1. The van der Waals surface area contributed by atoms with Crippen LogP contribution in [0.5, 0.6) is 5.75 Å². The highest BCUT2D eigenvalue weighted by molar-refractivity contribution is 6.88. The molecule has 0 bridgehead atoms. The van der Waals surface area contributed by atoms with E-state index in [4.69, 9.17) is 0 Å². The summed E-state index contributed by atoms with van der Waals surface area (Å²) in [4.78, 5) is 0. The zero-order valence-corrected chi connectivity index (χ0v) is 10.2. The van der Waals surface area contributed by atoms with Gasteiger partial charge in [-0.15, -0.1) is 13.2 Å². The van der Waals surface area contributed by atoms with Crippen LogP contribution in [0.3, 0.4) is 0 Å². The molecular weight excluding hydrogens is 240 g/mol. The molecule has 0 aliphatic heterocycles. The molecule has 16 heavy (non-hydrogen) atoms. The van der Waals surface area contributed by atoms with Gasteiger partial charge in [0.25, 0.3) is 0 Å². The van der Waals surface area contributed by atoms with Crippen molar-refractivity contribution in [2.24, 2.45) is 0 Å². The van der Waals surface area contributed by atoms with E-state index in [0.29, 0.717) is 0 Å². The van der Waals surface area contributed by atoms with Gasteiger partial charge in [-0.2, -0.15) is 0 Å². The molecule has 0 amide bonds. The minimum absolute atomic E-state index is 0.750. The fourth-order valence-electron chi connectivity index (χ4n) is 1.17. The third kappa shape index (κ3) is 3.51. The first-order valence-corrected chi connectivity index (χ1v) is 8.15. The summed E-state index contributed by atoms with van der Waals surface area (Å²) in [6.07, 6.45) is -4.86. The molecule has 90 valence electrons. The Kier molecular flexibility index (Phi) is 3.32. The van der Waals surface area contributed by atoms with Crippen molar-refractivity contribution in [3.05, 3.63) is 24.0 Å². The maximum absolute atomic E-state index is 13.3.